The molecule has 2 aromatic rings. The van der Waals surface area contributed by atoms with Crippen molar-refractivity contribution in [3.05, 3.63) is 58.9 Å². The monoisotopic (exact) mass is 309 g/mol. The van der Waals surface area contributed by atoms with Gasteiger partial charge in [-0.3, -0.25) is 4.98 Å². The maximum Gasteiger partial charge on any atom is 0.182 e. The largest absolute Gasteiger partial charge is 0.263 e. The molecule has 0 aliphatic carbocycles. The fourth-order valence-electron chi connectivity index (χ4n) is 1.87. The molecule has 0 aliphatic heterocycles. The number of hydrogen-bond donors (Lipinski definition) is 0. The van der Waals surface area contributed by atoms with E-state index >= 15 is 0 Å². The zero-order chi connectivity index (χ0) is 14.8. The molecule has 1 aromatic carbocycles. The number of sulfone groups is 1. The van der Waals surface area contributed by atoms with E-state index in [1.54, 1.807) is 24.4 Å². The molecule has 3 nitrogen and oxygen atoms in total. The van der Waals surface area contributed by atoms with Gasteiger partial charge in [0, 0.05) is 12.4 Å². The predicted octanol–water partition coefficient (Wildman–Crippen LogP) is 3.83. The molecule has 0 atom stereocenters. The van der Waals surface area contributed by atoms with E-state index in [1.165, 1.54) is 6.20 Å². The van der Waals surface area contributed by atoms with E-state index in [0.29, 0.717) is 21.4 Å². The van der Waals surface area contributed by atoms with Gasteiger partial charge in [-0.15, -0.1) is 0 Å². The van der Waals surface area contributed by atoms with Crippen LogP contribution in [0.5, 0.6) is 0 Å². The minimum atomic E-state index is -3.39. The van der Waals surface area contributed by atoms with Gasteiger partial charge in [0.15, 0.2) is 9.84 Å². The molecule has 0 bridgehead atoms. The molecule has 0 N–H and O–H groups in total. The van der Waals surface area contributed by atoms with Crippen LogP contribution in [0.15, 0.2) is 47.6 Å². The Kier molecular flexibility index (Phi) is 4.45. The minimum absolute atomic E-state index is 0.116. The van der Waals surface area contributed by atoms with Crippen LogP contribution in [0.3, 0.4) is 0 Å². The van der Waals surface area contributed by atoms with Crippen molar-refractivity contribution in [3.63, 3.8) is 0 Å². The van der Waals surface area contributed by atoms with Gasteiger partial charge in [-0.05, 0) is 35.2 Å². The summed E-state index contributed by atoms with van der Waals surface area (Å²) in [6.07, 6.45) is 2.99. The first-order chi connectivity index (χ1) is 9.40. The van der Waals surface area contributed by atoms with Gasteiger partial charge in [-0.2, -0.15) is 0 Å². The summed E-state index contributed by atoms with van der Waals surface area (Å²) in [5.74, 6) is 0.261. The summed E-state index contributed by atoms with van der Waals surface area (Å²) in [5.41, 5.74) is 1.68. The van der Waals surface area contributed by atoms with Gasteiger partial charge in [0.1, 0.15) is 0 Å². The Morgan fingerprint density at radius 3 is 2.35 bits per heavy atom. The zero-order valence-corrected chi connectivity index (χ0v) is 12.9. The van der Waals surface area contributed by atoms with Crippen molar-refractivity contribution in [2.45, 2.75) is 30.4 Å². The fraction of sp³-hybridized carbons (Fsp3) is 0.267. The molecule has 0 saturated heterocycles. The quantitative estimate of drug-likeness (QED) is 0.862. The topological polar surface area (TPSA) is 47.0 Å². The van der Waals surface area contributed by atoms with Crippen LogP contribution in [0, 0.1) is 0 Å². The Labute approximate surface area is 124 Å². The summed E-state index contributed by atoms with van der Waals surface area (Å²) in [7, 11) is -3.39. The van der Waals surface area contributed by atoms with Crippen molar-refractivity contribution in [3.8, 4) is 0 Å². The lowest BCUT2D eigenvalue weighted by molar-refractivity contribution is 0.595. The number of benzene rings is 1. The fourth-order valence-corrected chi connectivity index (χ4v) is 3.51. The highest BCUT2D eigenvalue weighted by Gasteiger charge is 2.17. The summed E-state index contributed by atoms with van der Waals surface area (Å²) in [4.78, 5) is 4.17. The van der Waals surface area contributed by atoms with Crippen LogP contribution in [0.1, 0.15) is 30.9 Å². The first kappa shape index (κ1) is 15.0. The number of pyridine rings is 1. The molecule has 106 valence electrons. The number of rotatable bonds is 4. The highest BCUT2D eigenvalue weighted by molar-refractivity contribution is 7.90. The molecule has 0 spiro atoms. The predicted molar refractivity (Wildman–Crippen MR) is 80.7 cm³/mol. The van der Waals surface area contributed by atoms with Crippen molar-refractivity contribution in [1.29, 1.82) is 0 Å². The molecule has 0 saturated carbocycles. The lowest BCUT2D eigenvalue weighted by Gasteiger charge is -2.08. The second-order valence-corrected chi connectivity index (χ2v) is 7.35. The molecule has 1 heterocycles. The second kappa shape index (κ2) is 5.94. The van der Waals surface area contributed by atoms with E-state index in [-0.39, 0.29) is 5.75 Å². The van der Waals surface area contributed by atoms with Crippen LogP contribution < -0.4 is 0 Å². The molecule has 0 amide bonds. The van der Waals surface area contributed by atoms with Crippen molar-refractivity contribution in [2.24, 2.45) is 0 Å². The molecule has 2 rings (SSSR count). The van der Waals surface area contributed by atoms with Gasteiger partial charge < -0.3 is 0 Å². The van der Waals surface area contributed by atoms with Crippen molar-refractivity contribution >= 4 is 21.4 Å². The highest BCUT2D eigenvalue weighted by Crippen LogP contribution is 2.23. The third-order valence-electron chi connectivity index (χ3n) is 3.11. The van der Waals surface area contributed by atoms with Crippen LogP contribution in [0.25, 0.3) is 0 Å². The van der Waals surface area contributed by atoms with E-state index in [1.807, 2.05) is 12.1 Å². The normalized spacial score (nSPS) is 11.8. The van der Waals surface area contributed by atoms with Crippen molar-refractivity contribution < 1.29 is 8.42 Å². The molecule has 0 unspecified atom stereocenters. The summed E-state index contributed by atoms with van der Waals surface area (Å²) in [6, 6.07) is 8.64. The lowest BCUT2D eigenvalue weighted by Crippen LogP contribution is -2.06. The van der Waals surface area contributed by atoms with Crippen LogP contribution in [-0.4, -0.2) is 13.4 Å². The maximum absolute atomic E-state index is 12.4. The SMILES string of the molecule is CC(C)c1ccc(S(=O)(=O)Cc2ccncc2Cl)cc1. The molecular weight excluding hydrogens is 294 g/mol. The standard InChI is InChI=1S/C15H16ClNO2S/c1-11(2)12-3-5-14(6-4-12)20(18,19)10-13-7-8-17-9-15(13)16/h3-9,11H,10H2,1-2H3. The molecule has 5 heteroatoms. The summed E-state index contributed by atoms with van der Waals surface area (Å²) in [6.45, 7) is 4.14. The highest BCUT2D eigenvalue weighted by atomic mass is 35.5. The van der Waals surface area contributed by atoms with Crippen molar-refractivity contribution in [2.75, 3.05) is 0 Å². The van der Waals surface area contributed by atoms with E-state index in [2.05, 4.69) is 18.8 Å². The smallest absolute Gasteiger partial charge is 0.182 e. The Bertz CT molecular complexity index is 694. The molecular formula is C15H16ClNO2S. The molecule has 0 aliphatic rings. The number of halogens is 1. The third kappa shape index (κ3) is 3.38. The van der Waals surface area contributed by atoms with E-state index in [9.17, 15) is 8.42 Å². The molecule has 1 aromatic heterocycles. The van der Waals surface area contributed by atoms with Gasteiger partial charge in [0.25, 0.3) is 0 Å². The molecule has 20 heavy (non-hydrogen) atoms. The maximum atomic E-state index is 12.4. The first-order valence-corrected chi connectivity index (χ1v) is 8.34. The Balaban J connectivity index is 2.29. The minimum Gasteiger partial charge on any atom is -0.263 e. The van der Waals surface area contributed by atoms with Crippen LogP contribution >= 0.6 is 11.6 Å². The van der Waals surface area contributed by atoms with Crippen LogP contribution in [0.2, 0.25) is 5.02 Å². The number of nitrogens with zero attached hydrogens (tertiary/aromatic N) is 1. The Hall–Kier alpha value is -1.39. The van der Waals surface area contributed by atoms with Gasteiger partial charge in [0.05, 0.1) is 15.7 Å². The number of aromatic nitrogens is 1. The average Bonchev–Trinajstić information content (AvgIpc) is 2.41. The Morgan fingerprint density at radius 2 is 1.80 bits per heavy atom. The van der Waals surface area contributed by atoms with Crippen molar-refractivity contribution in [1.82, 2.24) is 4.98 Å². The van der Waals surface area contributed by atoms with Gasteiger partial charge >= 0.3 is 0 Å². The van der Waals surface area contributed by atoms with Crippen LogP contribution in [-0.2, 0) is 15.6 Å². The number of hydrogen-bond acceptors (Lipinski definition) is 3. The van der Waals surface area contributed by atoms with Gasteiger partial charge in [-0.25, -0.2) is 8.42 Å². The average molecular weight is 310 g/mol. The summed E-state index contributed by atoms with van der Waals surface area (Å²) < 4.78 is 24.7. The zero-order valence-electron chi connectivity index (χ0n) is 11.4. The summed E-state index contributed by atoms with van der Waals surface area (Å²) >= 11 is 5.96. The van der Waals surface area contributed by atoms with E-state index in [0.717, 1.165) is 5.56 Å². The lowest BCUT2D eigenvalue weighted by atomic mass is 10.0. The van der Waals surface area contributed by atoms with E-state index < -0.39 is 9.84 Å². The summed E-state index contributed by atoms with van der Waals surface area (Å²) in [5, 5.41) is 0.370. The molecule has 0 radical (unpaired) electrons. The molecule has 0 fully saturated rings. The van der Waals surface area contributed by atoms with Gasteiger partial charge in [-0.1, -0.05) is 37.6 Å². The second-order valence-electron chi connectivity index (χ2n) is 4.95. The first-order valence-electron chi connectivity index (χ1n) is 6.31. The third-order valence-corrected chi connectivity index (χ3v) is 5.13. The van der Waals surface area contributed by atoms with Crippen LogP contribution in [0.4, 0.5) is 0 Å². The van der Waals surface area contributed by atoms with E-state index in [4.69, 9.17) is 11.6 Å². The Morgan fingerprint density at radius 1 is 1.15 bits per heavy atom. The van der Waals surface area contributed by atoms with Gasteiger partial charge in [0.2, 0.25) is 0 Å².